The van der Waals surface area contributed by atoms with Crippen molar-refractivity contribution in [2.24, 2.45) is 0 Å². The van der Waals surface area contributed by atoms with Gasteiger partial charge in [-0.3, -0.25) is 19.1 Å². The number of anilines is 2. The van der Waals surface area contributed by atoms with Crippen LogP contribution in [0.25, 0.3) is 6.08 Å². The Morgan fingerprint density at radius 3 is 2.35 bits per heavy atom. The summed E-state index contributed by atoms with van der Waals surface area (Å²) < 4.78 is 15.5. The summed E-state index contributed by atoms with van der Waals surface area (Å²) in [5.74, 6) is 0.302. The monoisotopic (exact) mass is 539 g/mol. The van der Waals surface area contributed by atoms with Gasteiger partial charge in [0.05, 0.1) is 4.91 Å². The van der Waals surface area contributed by atoms with Crippen molar-refractivity contribution in [3.05, 3.63) is 62.0 Å². The standard InChI is InChI=1S/C27H30FN5O2S2/c1-4-6-11-33-26(35)23(37-27(33)36)16-21-18(3)22(17-29)25(34)32(5-2)24(21)31-14-12-30(13-15-31)20-9-7-19(28)8-10-20/h7-10,16H,4-6,11-15H2,1-3H3/b23-16-. The predicted octanol–water partition coefficient (Wildman–Crippen LogP) is 4.52. The summed E-state index contributed by atoms with van der Waals surface area (Å²) in [6.45, 7) is 9.29. The van der Waals surface area contributed by atoms with Gasteiger partial charge in [0.2, 0.25) is 0 Å². The molecule has 2 aliphatic rings. The summed E-state index contributed by atoms with van der Waals surface area (Å²) in [6, 6.07) is 8.52. The number of rotatable bonds is 7. The molecule has 0 bridgehead atoms. The zero-order valence-electron chi connectivity index (χ0n) is 21.3. The lowest BCUT2D eigenvalue weighted by Crippen LogP contribution is -2.48. The topological polar surface area (TPSA) is 72.6 Å². The van der Waals surface area contributed by atoms with E-state index < -0.39 is 0 Å². The largest absolute Gasteiger partial charge is 0.368 e. The van der Waals surface area contributed by atoms with E-state index in [2.05, 4.69) is 22.8 Å². The van der Waals surface area contributed by atoms with Crippen molar-refractivity contribution < 1.29 is 9.18 Å². The minimum Gasteiger partial charge on any atom is -0.368 e. The maximum Gasteiger partial charge on any atom is 0.270 e. The summed E-state index contributed by atoms with van der Waals surface area (Å²) in [5.41, 5.74) is 1.96. The number of hydrogen-bond donors (Lipinski definition) is 0. The first-order chi connectivity index (χ1) is 17.8. The number of thioether (sulfide) groups is 1. The third-order valence-electron chi connectivity index (χ3n) is 6.82. The Hall–Kier alpha value is -3.16. The number of benzene rings is 1. The average molecular weight is 540 g/mol. The number of hydrogen-bond acceptors (Lipinski definition) is 7. The molecule has 0 unspecified atom stereocenters. The molecule has 2 aliphatic heterocycles. The van der Waals surface area contributed by atoms with Gasteiger partial charge in [0.25, 0.3) is 11.5 Å². The average Bonchev–Trinajstić information content (AvgIpc) is 3.16. The smallest absolute Gasteiger partial charge is 0.270 e. The number of unbranched alkanes of at least 4 members (excludes halogenated alkanes) is 1. The highest BCUT2D eigenvalue weighted by Crippen LogP contribution is 2.36. The molecule has 10 heteroatoms. The van der Waals surface area contributed by atoms with Gasteiger partial charge >= 0.3 is 0 Å². The zero-order chi connectivity index (χ0) is 26.7. The van der Waals surface area contributed by atoms with Crippen LogP contribution in [-0.2, 0) is 11.3 Å². The van der Waals surface area contributed by atoms with Gasteiger partial charge in [-0.05, 0) is 56.2 Å². The van der Waals surface area contributed by atoms with Crippen LogP contribution in [0.5, 0.6) is 0 Å². The molecule has 0 atom stereocenters. The Morgan fingerprint density at radius 2 is 1.76 bits per heavy atom. The van der Waals surface area contributed by atoms with E-state index in [9.17, 15) is 19.2 Å². The molecule has 0 radical (unpaired) electrons. The van der Waals surface area contributed by atoms with Crippen LogP contribution in [0.3, 0.4) is 0 Å². The van der Waals surface area contributed by atoms with Crippen LogP contribution in [-0.4, -0.2) is 52.4 Å². The highest BCUT2D eigenvalue weighted by Gasteiger charge is 2.33. The number of nitriles is 1. The molecule has 0 spiro atoms. The highest BCUT2D eigenvalue weighted by molar-refractivity contribution is 8.26. The molecule has 3 heterocycles. The molecule has 1 amide bonds. The van der Waals surface area contributed by atoms with E-state index >= 15 is 0 Å². The minimum absolute atomic E-state index is 0.0864. The molecule has 2 fully saturated rings. The normalized spacial score (nSPS) is 17.2. The molecule has 194 valence electrons. The maximum absolute atomic E-state index is 13.4. The molecule has 2 saturated heterocycles. The number of aromatic nitrogens is 1. The Labute approximate surface area is 226 Å². The summed E-state index contributed by atoms with van der Waals surface area (Å²) in [7, 11) is 0. The van der Waals surface area contributed by atoms with E-state index in [1.807, 2.05) is 6.92 Å². The summed E-state index contributed by atoms with van der Waals surface area (Å²) in [6.07, 6.45) is 3.62. The van der Waals surface area contributed by atoms with Crippen molar-refractivity contribution >= 4 is 51.8 Å². The van der Waals surface area contributed by atoms with E-state index in [-0.39, 0.29) is 22.8 Å². The summed E-state index contributed by atoms with van der Waals surface area (Å²) in [4.78, 5) is 32.9. The minimum atomic E-state index is -0.328. The highest BCUT2D eigenvalue weighted by atomic mass is 32.2. The third kappa shape index (κ3) is 5.29. The molecule has 37 heavy (non-hydrogen) atoms. The lowest BCUT2D eigenvalue weighted by molar-refractivity contribution is -0.122. The number of carbonyl (C=O) groups is 1. The van der Waals surface area contributed by atoms with Crippen LogP contribution in [0.4, 0.5) is 15.9 Å². The van der Waals surface area contributed by atoms with Crippen LogP contribution in [0.2, 0.25) is 0 Å². The van der Waals surface area contributed by atoms with Crippen molar-refractivity contribution in [2.75, 3.05) is 42.5 Å². The Morgan fingerprint density at radius 1 is 1.11 bits per heavy atom. The lowest BCUT2D eigenvalue weighted by atomic mass is 10.0. The molecule has 0 N–H and O–H groups in total. The van der Waals surface area contributed by atoms with Gasteiger partial charge in [0.1, 0.15) is 27.6 Å². The molecule has 1 aromatic heterocycles. The second-order valence-corrected chi connectivity index (χ2v) is 10.7. The molecule has 7 nitrogen and oxygen atoms in total. The van der Waals surface area contributed by atoms with E-state index in [1.165, 1.54) is 23.9 Å². The van der Waals surface area contributed by atoms with Crippen molar-refractivity contribution in [1.29, 1.82) is 5.26 Å². The first-order valence-electron chi connectivity index (χ1n) is 12.5. The van der Waals surface area contributed by atoms with Gasteiger partial charge in [-0.2, -0.15) is 5.26 Å². The van der Waals surface area contributed by atoms with Crippen LogP contribution >= 0.6 is 24.0 Å². The lowest BCUT2D eigenvalue weighted by Gasteiger charge is -2.39. The Kier molecular flexibility index (Phi) is 8.35. The molecule has 4 rings (SSSR count). The summed E-state index contributed by atoms with van der Waals surface area (Å²) >= 11 is 6.74. The fraction of sp³-hybridized carbons (Fsp3) is 0.407. The number of nitrogens with zero attached hydrogens (tertiary/aromatic N) is 5. The number of thiocarbonyl (C=S) groups is 1. The van der Waals surface area contributed by atoms with E-state index in [1.54, 1.807) is 34.6 Å². The SMILES string of the molecule is CCCCN1C(=O)/C(=C/c2c(C)c(C#N)c(=O)n(CC)c2N2CCN(c3ccc(F)cc3)CC2)SC1=S. The van der Waals surface area contributed by atoms with E-state index in [4.69, 9.17) is 12.2 Å². The van der Waals surface area contributed by atoms with Gasteiger partial charge in [-0.1, -0.05) is 37.3 Å². The van der Waals surface area contributed by atoms with Crippen LogP contribution < -0.4 is 15.4 Å². The Bertz CT molecular complexity index is 1340. The quantitative estimate of drug-likeness (QED) is 0.379. The zero-order valence-corrected chi connectivity index (χ0v) is 22.9. The van der Waals surface area contributed by atoms with Crippen molar-refractivity contribution in [1.82, 2.24) is 9.47 Å². The van der Waals surface area contributed by atoms with Gasteiger partial charge in [-0.15, -0.1) is 0 Å². The van der Waals surface area contributed by atoms with Crippen LogP contribution in [0.15, 0.2) is 34.0 Å². The van der Waals surface area contributed by atoms with Crippen LogP contribution in [0, 0.1) is 24.1 Å². The molecule has 1 aromatic carbocycles. The van der Waals surface area contributed by atoms with E-state index in [0.29, 0.717) is 65.4 Å². The first-order valence-corrected chi connectivity index (χ1v) is 13.7. The van der Waals surface area contributed by atoms with Gasteiger partial charge in [-0.25, -0.2) is 4.39 Å². The molecule has 0 saturated carbocycles. The van der Waals surface area contributed by atoms with Crippen molar-refractivity contribution in [3.63, 3.8) is 0 Å². The van der Waals surface area contributed by atoms with Crippen molar-refractivity contribution in [3.8, 4) is 6.07 Å². The molecule has 2 aromatic rings. The van der Waals surface area contributed by atoms with Crippen LogP contribution in [0.1, 0.15) is 43.4 Å². The van der Waals surface area contributed by atoms with Gasteiger partial charge in [0.15, 0.2) is 0 Å². The molecule has 0 aliphatic carbocycles. The summed E-state index contributed by atoms with van der Waals surface area (Å²) in [5, 5.41) is 9.79. The first kappa shape index (κ1) is 26.9. The second-order valence-electron chi connectivity index (χ2n) is 9.04. The van der Waals surface area contributed by atoms with Crippen molar-refractivity contribution in [2.45, 2.75) is 40.2 Å². The van der Waals surface area contributed by atoms with Gasteiger partial charge < -0.3 is 9.80 Å². The molecular formula is C27H30FN5O2S2. The number of piperazine rings is 1. The Balaban J connectivity index is 1.74. The van der Waals surface area contributed by atoms with Gasteiger partial charge in [0, 0.05) is 50.5 Å². The number of pyridine rings is 1. The number of halogens is 1. The fourth-order valence-corrected chi connectivity index (χ4v) is 6.04. The van der Waals surface area contributed by atoms with E-state index in [0.717, 1.165) is 18.5 Å². The molecular weight excluding hydrogens is 509 g/mol. The maximum atomic E-state index is 13.4. The fourth-order valence-electron chi connectivity index (χ4n) is 4.75. The third-order valence-corrected chi connectivity index (χ3v) is 8.20. The predicted molar refractivity (Wildman–Crippen MR) is 151 cm³/mol. The second kappa shape index (κ2) is 11.5. The number of amides is 1. The number of carbonyl (C=O) groups excluding carboxylic acids is 1.